The summed E-state index contributed by atoms with van der Waals surface area (Å²) in [6, 6.07) is 10.6. The first-order valence-corrected chi connectivity index (χ1v) is 11.1. The van der Waals surface area contributed by atoms with Crippen LogP contribution in [0.1, 0.15) is 30.4 Å². The second-order valence-corrected chi connectivity index (χ2v) is 8.73. The number of carbonyl (C=O) groups is 1. The van der Waals surface area contributed by atoms with Gasteiger partial charge < -0.3 is 10.2 Å². The molecule has 0 bridgehead atoms. The quantitative estimate of drug-likeness (QED) is 0.746. The average molecular weight is 414 g/mol. The molecule has 2 aliphatic heterocycles. The molecule has 0 unspecified atom stereocenters. The summed E-state index contributed by atoms with van der Waals surface area (Å²) < 4.78 is 26.6. The van der Waals surface area contributed by atoms with Gasteiger partial charge in [0.25, 0.3) is 10.0 Å². The van der Waals surface area contributed by atoms with Crippen molar-refractivity contribution in [2.45, 2.75) is 30.7 Å². The van der Waals surface area contributed by atoms with Crippen molar-refractivity contribution in [3.8, 4) is 0 Å². The molecule has 9 heteroatoms. The highest BCUT2D eigenvalue weighted by Crippen LogP contribution is 2.22. The molecule has 1 aromatic carbocycles. The first kappa shape index (κ1) is 19.4. The highest BCUT2D eigenvalue weighted by atomic mass is 32.2. The van der Waals surface area contributed by atoms with E-state index in [0.717, 1.165) is 24.5 Å². The number of benzene rings is 1. The van der Waals surface area contributed by atoms with E-state index in [0.29, 0.717) is 12.1 Å². The number of pyridine rings is 1. The molecule has 1 amide bonds. The van der Waals surface area contributed by atoms with Crippen LogP contribution < -0.4 is 14.9 Å². The van der Waals surface area contributed by atoms with Gasteiger partial charge in [0.2, 0.25) is 5.91 Å². The second kappa shape index (κ2) is 8.20. The maximum absolute atomic E-state index is 12.2. The minimum absolute atomic E-state index is 0.136. The summed E-state index contributed by atoms with van der Waals surface area (Å²) in [7, 11) is -3.55. The number of carbonyl (C=O) groups excluding carboxylic acids is 1. The summed E-state index contributed by atoms with van der Waals surface area (Å²) >= 11 is 0. The Bertz CT molecular complexity index is 1050. The lowest BCUT2D eigenvalue weighted by molar-refractivity contribution is -0.121. The van der Waals surface area contributed by atoms with Crippen molar-refractivity contribution in [1.82, 2.24) is 15.0 Å². The Kier molecular flexibility index (Phi) is 5.48. The number of hydrogen-bond acceptors (Lipinski definition) is 6. The van der Waals surface area contributed by atoms with Crippen molar-refractivity contribution >= 4 is 27.6 Å². The van der Waals surface area contributed by atoms with E-state index in [9.17, 15) is 13.2 Å². The number of amides is 1. The number of anilines is 1. The highest BCUT2D eigenvalue weighted by Gasteiger charge is 2.29. The third-order valence-corrected chi connectivity index (χ3v) is 6.40. The van der Waals surface area contributed by atoms with Crippen LogP contribution in [-0.2, 0) is 21.4 Å². The van der Waals surface area contributed by atoms with Gasteiger partial charge in [-0.2, -0.15) is 0 Å². The number of hydrogen-bond donors (Lipinski definition) is 2. The summed E-state index contributed by atoms with van der Waals surface area (Å²) in [5.74, 6) is 1.11. The fourth-order valence-corrected chi connectivity index (χ4v) is 4.75. The average Bonchev–Trinajstić information content (AvgIpc) is 3.34. The van der Waals surface area contributed by atoms with Crippen LogP contribution in [0.2, 0.25) is 0 Å². The van der Waals surface area contributed by atoms with Gasteiger partial charge in [-0.25, -0.2) is 13.4 Å². The topological polar surface area (TPSA) is 104 Å². The maximum Gasteiger partial charge on any atom is 0.263 e. The number of nitrogens with one attached hydrogen (secondary N) is 2. The van der Waals surface area contributed by atoms with Gasteiger partial charge in [0.05, 0.1) is 11.4 Å². The number of fused-ring (bicyclic) bond motifs is 1. The minimum atomic E-state index is -3.55. The van der Waals surface area contributed by atoms with Gasteiger partial charge in [-0.3, -0.25) is 14.5 Å². The molecule has 152 valence electrons. The molecular weight excluding hydrogens is 390 g/mol. The first-order chi connectivity index (χ1) is 14.0. The minimum Gasteiger partial charge on any atom is -0.357 e. The fourth-order valence-electron chi connectivity index (χ4n) is 3.50. The first-order valence-electron chi connectivity index (χ1n) is 9.66. The number of amidine groups is 1. The van der Waals surface area contributed by atoms with Crippen molar-refractivity contribution in [3.05, 3.63) is 53.7 Å². The summed E-state index contributed by atoms with van der Waals surface area (Å²) in [4.78, 5) is 23.3. The predicted molar refractivity (Wildman–Crippen MR) is 110 cm³/mol. The Labute approximate surface area is 170 Å². The molecule has 0 radical (unpaired) electrons. The van der Waals surface area contributed by atoms with E-state index in [1.54, 1.807) is 24.4 Å². The lowest BCUT2D eigenvalue weighted by Gasteiger charge is -2.17. The highest BCUT2D eigenvalue weighted by molar-refractivity contribution is 7.90. The SMILES string of the molecule is O=C(CCN=C1NS(=O)(=O)c2ccccc21)NCc1ccnc(N2CCCC2)c1. The molecule has 1 saturated heterocycles. The van der Waals surface area contributed by atoms with E-state index in [1.807, 2.05) is 12.1 Å². The molecule has 0 atom stereocenters. The van der Waals surface area contributed by atoms with Crippen molar-refractivity contribution in [1.29, 1.82) is 0 Å². The molecule has 2 N–H and O–H groups in total. The number of aromatic nitrogens is 1. The van der Waals surface area contributed by atoms with E-state index in [4.69, 9.17) is 0 Å². The van der Waals surface area contributed by atoms with Crippen LogP contribution in [-0.4, -0.2) is 44.8 Å². The van der Waals surface area contributed by atoms with E-state index in [-0.39, 0.29) is 29.6 Å². The van der Waals surface area contributed by atoms with Crippen molar-refractivity contribution in [3.63, 3.8) is 0 Å². The molecule has 29 heavy (non-hydrogen) atoms. The number of sulfonamides is 1. The Morgan fingerprint density at radius 1 is 1.21 bits per heavy atom. The van der Waals surface area contributed by atoms with Crippen LogP contribution >= 0.6 is 0 Å². The molecule has 2 aliphatic rings. The van der Waals surface area contributed by atoms with Crippen LogP contribution in [0.25, 0.3) is 0 Å². The van der Waals surface area contributed by atoms with Gasteiger partial charge >= 0.3 is 0 Å². The third kappa shape index (κ3) is 4.40. The van der Waals surface area contributed by atoms with Crippen molar-refractivity contribution in [2.75, 3.05) is 24.5 Å². The molecule has 8 nitrogen and oxygen atoms in total. The van der Waals surface area contributed by atoms with Crippen LogP contribution in [0, 0.1) is 0 Å². The molecule has 4 rings (SSSR count). The van der Waals surface area contributed by atoms with Gasteiger partial charge in [-0.05, 0) is 42.7 Å². The van der Waals surface area contributed by atoms with Gasteiger partial charge in [-0.15, -0.1) is 0 Å². The fraction of sp³-hybridized carbons (Fsp3) is 0.350. The standard InChI is InChI=1S/C20H23N5O3S/c26-19(23-14-15-7-9-21-18(13-15)25-11-3-4-12-25)8-10-22-20-16-5-1-2-6-17(16)29(27,28)24-20/h1-2,5-7,9,13H,3-4,8,10-12,14H2,(H,22,24)(H,23,26). The third-order valence-electron chi connectivity index (χ3n) is 5.00. The van der Waals surface area contributed by atoms with Crippen molar-refractivity contribution in [2.24, 2.45) is 4.99 Å². The monoisotopic (exact) mass is 413 g/mol. The van der Waals surface area contributed by atoms with E-state index >= 15 is 0 Å². The van der Waals surface area contributed by atoms with Crippen LogP contribution in [0.15, 0.2) is 52.5 Å². The lowest BCUT2D eigenvalue weighted by Crippen LogP contribution is -2.25. The molecule has 0 aliphatic carbocycles. The van der Waals surface area contributed by atoms with Crippen LogP contribution in [0.4, 0.5) is 5.82 Å². The zero-order valence-corrected chi connectivity index (χ0v) is 16.8. The van der Waals surface area contributed by atoms with Gasteiger partial charge in [-0.1, -0.05) is 12.1 Å². The van der Waals surface area contributed by atoms with Crippen molar-refractivity contribution < 1.29 is 13.2 Å². The molecular formula is C20H23N5O3S. The van der Waals surface area contributed by atoms with Gasteiger partial charge in [0, 0.05) is 37.8 Å². The summed E-state index contributed by atoms with van der Waals surface area (Å²) in [6.45, 7) is 2.67. The number of rotatable bonds is 6. The smallest absolute Gasteiger partial charge is 0.263 e. The predicted octanol–water partition coefficient (Wildman–Crippen LogP) is 1.43. The molecule has 0 saturated carbocycles. The molecule has 3 heterocycles. The van der Waals surface area contributed by atoms with Crippen LogP contribution in [0.3, 0.4) is 0 Å². The van der Waals surface area contributed by atoms with Crippen LogP contribution in [0.5, 0.6) is 0 Å². The molecule has 2 aromatic rings. The Morgan fingerprint density at radius 3 is 2.83 bits per heavy atom. The molecule has 1 aromatic heterocycles. The Balaban J connectivity index is 1.30. The van der Waals surface area contributed by atoms with E-state index in [1.165, 1.54) is 18.9 Å². The zero-order valence-electron chi connectivity index (χ0n) is 16.0. The number of nitrogens with zero attached hydrogens (tertiary/aromatic N) is 3. The summed E-state index contributed by atoms with van der Waals surface area (Å²) in [5.41, 5.74) is 1.54. The summed E-state index contributed by atoms with van der Waals surface area (Å²) in [5, 5.41) is 2.88. The van der Waals surface area contributed by atoms with Gasteiger partial charge in [0.1, 0.15) is 11.7 Å². The second-order valence-electron chi connectivity index (χ2n) is 7.08. The summed E-state index contributed by atoms with van der Waals surface area (Å²) in [6.07, 6.45) is 4.32. The largest absolute Gasteiger partial charge is 0.357 e. The van der Waals surface area contributed by atoms with E-state index < -0.39 is 10.0 Å². The normalized spacial score (nSPS) is 18.5. The van der Waals surface area contributed by atoms with Gasteiger partial charge in [0.15, 0.2) is 0 Å². The molecule has 0 spiro atoms. The molecule has 1 fully saturated rings. The maximum atomic E-state index is 12.2. The number of aliphatic imine (C=N–C) groups is 1. The Morgan fingerprint density at radius 2 is 2.00 bits per heavy atom. The van der Waals surface area contributed by atoms with E-state index in [2.05, 4.69) is 24.9 Å². The Hall–Kier alpha value is -2.94. The zero-order chi connectivity index (χ0) is 20.3. The lowest BCUT2D eigenvalue weighted by atomic mass is 10.2.